The van der Waals surface area contributed by atoms with Crippen molar-refractivity contribution in [3.63, 3.8) is 0 Å². The zero-order valence-corrected chi connectivity index (χ0v) is 16.6. The van der Waals surface area contributed by atoms with Crippen LogP contribution in [0.5, 0.6) is 17.5 Å². The molecule has 1 aliphatic rings. The number of hydrogen-bond donors (Lipinski definition) is 2. The van der Waals surface area contributed by atoms with Gasteiger partial charge in [0.15, 0.2) is 5.82 Å². The molecule has 0 bridgehead atoms. The van der Waals surface area contributed by atoms with Crippen LogP contribution in [0, 0.1) is 0 Å². The van der Waals surface area contributed by atoms with E-state index in [-0.39, 0.29) is 12.6 Å². The van der Waals surface area contributed by atoms with E-state index in [2.05, 4.69) is 25.6 Å². The SMILES string of the molecule is COc1cc(NC(=O)NCc2nc(OC)nc(N3CCOCC3)n2)cc(OC)c1. The maximum atomic E-state index is 12.3. The molecule has 0 spiro atoms. The van der Waals surface area contributed by atoms with Gasteiger partial charge in [-0.3, -0.25) is 0 Å². The number of nitrogens with one attached hydrogen (secondary N) is 2. The molecule has 1 saturated heterocycles. The number of urea groups is 1. The molecule has 1 fully saturated rings. The molecule has 0 radical (unpaired) electrons. The number of rotatable bonds is 7. The predicted molar refractivity (Wildman–Crippen MR) is 105 cm³/mol. The normalized spacial score (nSPS) is 13.6. The first-order valence-corrected chi connectivity index (χ1v) is 9.01. The van der Waals surface area contributed by atoms with E-state index in [0.717, 1.165) is 0 Å². The summed E-state index contributed by atoms with van der Waals surface area (Å²) in [6.07, 6.45) is 0. The van der Waals surface area contributed by atoms with E-state index in [1.165, 1.54) is 7.11 Å². The number of morpholine rings is 1. The van der Waals surface area contributed by atoms with Crippen LogP contribution < -0.4 is 29.7 Å². The molecule has 3 rings (SSSR count). The molecular formula is C18H24N6O5. The highest BCUT2D eigenvalue weighted by Crippen LogP contribution is 2.25. The summed E-state index contributed by atoms with van der Waals surface area (Å²) >= 11 is 0. The fraction of sp³-hybridized carbons (Fsp3) is 0.444. The lowest BCUT2D eigenvalue weighted by atomic mass is 10.3. The monoisotopic (exact) mass is 404 g/mol. The summed E-state index contributed by atoms with van der Waals surface area (Å²) in [5, 5.41) is 5.45. The minimum absolute atomic E-state index is 0.100. The second-order valence-corrected chi connectivity index (χ2v) is 6.05. The Morgan fingerprint density at radius 3 is 2.34 bits per heavy atom. The van der Waals surface area contributed by atoms with Gasteiger partial charge in [-0.05, 0) is 0 Å². The second kappa shape index (κ2) is 9.73. The molecule has 0 unspecified atom stereocenters. The van der Waals surface area contributed by atoms with Crippen molar-refractivity contribution in [2.24, 2.45) is 0 Å². The van der Waals surface area contributed by atoms with E-state index in [1.807, 2.05) is 4.90 Å². The van der Waals surface area contributed by atoms with Crippen LogP contribution in [0.15, 0.2) is 18.2 Å². The standard InChI is InChI=1S/C18H24N6O5/c1-26-13-8-12(9-14(10-13)27-2)20-17(25)19-11-15-21-16(23-18(22-15)28-3)24-4-6-29-7-5-24/h8-10H,4-7,11H2,1-3H3,(H2,19,20,25). The van der Waals surface area contributed by atoms with E-state index in [1.54, 1.807) is 32.4 Å². The number of benzene rings is 1. The molecule has 0 atom stereocenters. The van der Waals surface area contributed by atoms with Gasteiger partial charge in [0.25, 0.3) is 0 Å². The van der Waals surface area contributed by atoms with E-state index < -0.39 is 6.03 Å². The third-order valence-corrected chi connectivity index (χ3v) is 4.14. The van der Waals surface area contributed by atoms with Gasteiger partial charge in [0, 0.05) is 37.0 Å². The van der Waals surface area contributed by atoms with Gasteiger partial charge in [-0.15, -0.1) is 0 Å². The smallest absolute Gasteiger partial charge is 0.321 e. The number of carbonyl (C=O) groups excluding carboxylic acids is 1. The summed E-state index contributed by atoms with van der Waals surface area (Å²) in [6, 6.07) is 4.85. The zero-order valence-electron chi connectivity index (χ0n) is 16.6. The number of amides is 2. The van der Waals surface area contributed by atoms with Crippen molar-refractivity contribution in [2.45, 2.75) is 6.54 Å². The Morgan fingerprint density at radius 2 is 1.72 bits per heavy atom. The highest BCUT2D eigenvalue weighted by atomic mass is 16.5. The predicted octanol–water partition coefficient (Wildman–Crippen LogP) is 1.06. The number of ether oxygens (including phenoxy) is 4. The van der Waals surface area contributed by atoms with Gasteiger partial charge in [-0.2, -0.15) is 15.0 Å². The largest absolute Gasteiger partial charge is 0.497 e. The first-order valence-electron chi connectivity index (χ1n) is 9.01. The Labute approximate surface area is 168 Å². The molecule has 2 amide bonds. The van der Waals surface area contributed by atoms with Crippen LogP contribution in [-0.2, 0) is 11.3 Å². The van der Waals surface area contributed by atoms with Crippen LogP contribution in [0.2, 0.25) is 0 Å². The van der Waals surface area contributed by atoms with Crippen LogP contribution >= 0.6 is 0 Å². The number of methoxy groups -OCH3 is 3. The Bertz CT molecular complexity index is 821. The summed E-state index contributed by atoms with van der Waals surface area (Å²) in [5.74, 6) is 2.01. The summed E-state index contributed by atoms with van der Waals surface area (Å²) in [4.78, 5) is 27.2. The maximum absolute atomic E-state index is 12.3. The molecule has 0 aliphatic carbocycles. The molecular weight excluding hydrogens is 380 g/mol. The van der Waals surface area contributed by atoms with Crippen LogP contribution in [0.1, 0.15) is 5.82 Å². The van der Waals surface area contributed by atoms with E-state index in [9.17, 15) is 4.79 Å². The summed E-state index contributed by atoms with van der Waals surface area (Å²) in [5.41, 5.74) is 0.529. The minimum Gasteiger partial charge on any atom is -0.497 e. The average Bonchev–Trinajstić information content (AvgIpc) is 2.77. The van der Waals surface area contributed by atoms with Gasteiger partial charge >= 0.3 is 12.0 Å². The first-order chi connectivity index (χ1) is 14.1. The van der Waals surface area contributed by atoms with Crippen LogP contribution in [0.25, 0.3) is 0 Å². The Hall–Kier alpha value is -3.34. The lowest BCUT2D eigenvalue weighted by Crippen LogP contribution is -2.38. The molecule has 156 valence electrons. The molecule has 11 nitrogen and oxygen atoms in total. The lowest BCUT2D eigenvalue weighted by molar-refractivity contribution is 0.122. The van der Waals surface area contributed by atoms with E-state index in [0.29, 0.717) is 55.3 Å². The van der Waals surface area contributed by atoms with Gasteiger partial charge < -0.3 is 34.5 Å². The van der Waals surface area contributed by atoms with Crippen molar-refractivity contribution >= 4 is 17.7 Å². The number of carbonyl (C=O) groups is 1. The third kappa shape index (κ3) is 5.57. The summed E-state index contributed by atoms with van der Waals surface area (Å²) in [6.45, 7) is 2.67. The van der Waals surface area contributed by atoms with Gasteiger partial charge in [-0.1, -0.05) is 0 Å². The van der Waals surface area contributed by atoms with Crippen LogP contribution in [0.4, 0.5) is 16.4 Å². The Balaban J connectivity index is 1.65. The van der Waals surface area contributed by atoms with Gasteiger partial charge in [-0.25, -0.2) is 4.79 Å². The number of anilines is 2. The molecule has 2 aromatic rings. The number of hydrogen-bond acceptors (Lipinski definition) is 9. The highest BCUT2D eigenvalue weighted by Gasteiger charge is 2.17. The molecule has 11 heteroatoms. The van der Waals surface area contributed by atoms with Crippen molar-refractivity contribution in [2.75, 3.05) is 57.8 Å². The minimum atomic E-state index is -0.424. The molecule has 0 saturated carbocycles. The Kier molecular flexibility index (Phi) is 6.85. The first kappa shape index (κ1) is 20.4. The average molecular weight is 404 g/mol. The van der Waals surface area contributed by atoms with Crippen molar-refractivity contribution in [1.82, 2.24) is 20.3 Å². The van der Waals surface area contributed by atoms with Crippen LogP contribution in [0.3, 0.4) is 0 Å². The lowest BCUT2D eigenvalue weighted by Gasteiger charge is -2.26. The quantitative estimate of drug-likeness (QED) is 0.698. The fourth-order valence-corrected chi connectivity index (χ4v) is 2.68. The topological polar surface area (TPSA) is 120 Å². The molecule has 1 aromatic carbocycles. The number of aromatic nitrogens is 3. The molecule has 29 heavy (non-hydrogen) atoms. The summed E-state index contributed by atoms with van der Waals surface area (Å²) < 4.78 is 20.9. The molecule has 2 heterocycles. The zero-order chi connectivity index (χ0) is 20.6. The van der Waals surface area contributed by atoms with E-state index in [4.69, 9.17) is 18.9 Å². The third-order valence-electron chi connectivity index (χ3n) is 4.14. The number of nitrogens with zero attached hydrogens (tertiary/aromatic N) is 4. The van der Waals surface area contributed by atoms with Crippen molar-refractivity contribution < 1.29 is 23.7 Å². The van der Waals surface area contributed by atoms with E-state index >= 15 is 0 Å². The van der Waals surface area contributed by atoms with Gasteiger partial charge in [0.1, 0.15) is 11.5 Å². The fourth-order valence-electron chi connectivity index (χ4n) is 2.68. The molecule has 2 N–H and O–H groups in total. The van der Waals surface area contributed by atoms with Gasteiger partial charge in [0.2, 0.25) is 5.95 Å². The van der Waals surface area contributed by atoms with Crippen molar-refractivity contribution in [1.29, 1.82) is 0 Å². The van der Waals surface area contributed by atoms with Crippen molar-refractivity contribution in [3.8, 4) is 17.5 Å². The maximum Gasteiger partial charge on any atom is 0.321 e. The second-order valence-electron chi connectivity index (χ2n) is 6.05. The molecule has 1 aromatic heterocycles. The summed E-state index contributed by atoms with van der Waals surface area (Å²) in [7, 11) is 4.57. The van der Waals surface area contributed by atoms with Gasteiger partial charge in [0.05, 0.1) is 41.1 Å². The Morgan fingerprint density at radius 1 is 1.03 bits per heavy atom. The van der Waals surface area contributed by atoms with Crippen molar-refractivity contribution in [3.05, 3.63) is 24.0 Å². The van der Waals surface area contributed by atoms with Crippen LogP contribution in [-0.4, -0.2) is 68.6 Å². The highest BCUT2D eigenvalue weighted by molar-refractivity contribution is 5.89. The molecule has 1 aliphatic heterocycles.